The van der Waals surface area contributed by atoms with E-state index in [2.05, 4.69) is 4.72 Å². The number of hydrogen-bond donors (Lipinski definition) is 1. The van der Waals surface area contributed by atoms with Crippen molar-refractivity contribution in [3.63, 3.8) is 0 Å². The molecule has 0 aliphatic heterocycles. The first-order chi connectivity index (χ1) is 10.8. The number of sulfonamides is 1. The van der Waals surface area contributed by atoms with Gasteiger partial charge in [0.25, 0.3) is 0 Å². The van der Waals surface area contributed by atoms with E-state index in [1.54, 1.807) is 0 Å². The Labute approximate surface area is 146 Å². The summed E-state index contributed by atoms with van der Waals surface area (Å²) in [4.78, 5) is -0.0497. The second kappa shape index (κ2) is 7.64. The third-order valence-corrected chi connectivity index (χ3v) is 5.60. The first-order valence-electron chi connectivity index (χ1n) is 6.88. The Hall–Kier alpha value is -1.11. The summed E-state index contributed by atoms with van der Waals surface area (Å²) < 4.78 is 32.8. The van der Waals surface area contributed by atoms with Gasteiger partial charge in [-0.25, -0.2) is 13.1 Å². The smallest absolute Gasteiger partial charge is 0.242 e. The van der Waals surface area contributed by atoms with Crippen LogP contribution in [0.15, 0.2) is 47.4 Å². The van der Waals surface area contributed by atoms with Crippen molar-refractivity contribution in [2.24, 2.45) is 0 Å². The van der Waals surface area contributed by atoms with Crippen molar-refractivity contribution in [3.05, 3.63) is 63.6 Å². The number of benzene rings is 2. The van der Waals surface area contributed by atoms with E-state index in [0.29, 0.717) is 5.02 Å². The van der Waals surface area contributed by atoms with Gasteiger partial charge in [0.2, 0.25) is 10.0 Å². The van der Waals surface area contributed by atoms with Crippen LogP contribution in [0.3, 0.4) is 0 Å². The van der Waals surface area contributed by atoms with Gasteiger partial charge >= 0.3 is 0 Å². The molecule has 0 saturated heterocycles. The van der Waals surface area contributed by atoms with E-state index >= 15 is 0 Å². The highest BCUT2D eigenvalue weighted by Gasteiger charge is 2.21. The number of hydrogen-bond acceptors (Lipinski definition) is 3. The predicted molar refractivity (Wildman–Crippen MR) is 92.6 cm³/mol. The van der Waals surface area contributed by atoms with E-state index in [0.717, 1.165) is 11.1 Å². The molecule has 1 atom stereocenters. The Morgan fingerprint density at radius 2 is 1.87 bits per heavy atom. The summed E-state index contributed by atoms with van der Waals surface area (Å²) in [6.07, 6.45) is -0.399. The molecule has 0 heterocycles. The molecular formula is C16H17Cl2NO3S. The lowest BCUT2D eigenvalue weighted by molar-refractivity contribution is 0.107. The van der Waals surface area contributed by atoms with Gasteiger partial charge in [0.05, 0.1) is 11.1 Å². The maximum atomic E-state index is 12.4. The Morgan fingerprint density at radius 1 is 1.17 bits per heavy atom. The molecule has 0 bridgehead atoms. The van der Waals surface area contributed by atoms with Crippen LogP contribution in [0.4, 0.5) is 0 Å². The van der Waals surface area contributed by atoms with Crippen molar-refractivity contribution in [3.8, 4) is 0 Å². The van der Waals surface area contributed by atoms with Crippen LogP contribution in [-0.4, -0.2) is 22.1 Å². The van der Waals surface area contributed by atoms with Gasteiger partial charge in [0.1, 0.15) is 4.90 Å². The van der Waals surface area contributed by atoms with Crippen LogP contribution < -0.4 is 4.72 Å². The van der Waals surface area contributed by atoms with Gasteiger partial charge in [0, 0.05) is 18.7 Å². The third kappa shape index (κ3) is 4.46. The minimum atomic E-state index is -3.79. The van der Waals surface area contributed by atoms with Crippen molar-refractivity contribution < 1.29 is 13.2 Å². The van der Waals surface area contributed by atoms with Crippen LogP contribution >= 0.6 is 23.2 Å². The fraction of sp³-hybridized carbons (Fsp3) is 0.250. The van der Waals surface area contributed by atoms with Crippen molar-refractivity contribution in [2.45, 2.75) is 17.9 Å². The maximum Gasteiger partial charge on any atom is 0.242 e. The number of nitrogens with one attached hydrogen (secondary N) is 1. The molecule has 2 aromatic rings. The van der Waals surface area contributed by atoms with Crippen LogP contribution in [-0.2, 0) is 14.8 Å². The molecule has 0 aliphatic rings. The standard InChI is InChI=1S/C16H17Cl2NO3S/c1-11-5-3-4-6-13(11)15(22-2)10-19-23(20,21)16-9-12(17)7-8-14(16)18/h3-9,15,19H,10H2,1-2H3. The van der Waals surface area contributed by atoms with Crippen molar-refractivity contribution in [2.75, 3.05) is 13.7 Å². The van der Waals surface area contributed by atoms with E-state index in [1.807, 2.05) is 31.2 Å². The van der Waals surface area contributed by atoms with Crippen LogP contribution in [0.25, 0.3) is 0 Å². The average molecular weight is 374 g/mol. The summed E-state index contributed by atoms with van der Waals surface area (Å²) in [6, 6.07) is 12.0. The Bertz CT molecular complexity index is 794. The lowest BCUT2D eigenvalue weighted by Crippen LogP contribution is -2.29. The molecule has 0 radical (unpaired) electrons. The highest BCUT2D eigenvalue weighted by molar-refractivity contribution is 7.89. The molecule has 124 valence electrons. The van der Waals surface area contributed by atoms with E-state index in [4.69, 9.17) is 27.9 Å². The minimum absolute atomic E-state index is 0.0497. The molecule has 7 heteroatoms. The maximum absolute atomic E-state index is 12.4. The molecule has 2 rings (SSSR count). The van der Waals surface area contributed by atoms with Crippen LogP contribution in [0.5, 0.6) is 0 Å². The fourth-order valence-electron chi connectivity index (χ4n) is 2.21. The lowest BCUT2D eigenvalue weighted by atomic mass is 10.0. The summed E-state index contributed by atoms with van der Waals surface area (Å²) in [6.45, 7) is 2.04. The lowest BCUT2D eigenvalue weighted by Gasteiger charge is -2.19. The molecule has 0 saturated carbocycles. The van der Waals surface area contributed by atoms with Crippen LogP contribution in [0, 0.1) is 6.92 Å². The summed E-state index contributed by atoms with van der Waals surface area (Å²) in [5.74, 6) is 0. The summed E-state index contributed by atoms with van der Waals surface area (Å²) in [5, 5.41) is 0.420. The zero-order chi connectivity index (χ0) is 17.0. The summed E-state index contributed by atoms with van der Waals surface area (Å²) >= 11 is 11.8. The number of ether oxygens (including phenoxy) is 1. The van der Waals surface area contributed by atoms with E-state index < -0.39 is 16.1 Å². The second-order valence-corrected chi connectivity index (χ2v) is 7.59. The van der Waals surface area contributed by atoms with Crippen molar-refractivity contribution >= 4 is 33.2 Å². The molecule has 0 fully saturated rings. The largest absolute Gasteiger partial charge is 0.375 e. The van der Waals surface area contributed by atoms with Gasteiger partial charge in [-0.1, -0.05) is 47.5 Å². The second-order valence-electron chi connectivity index (χ2n) is 5.01. The SMILES string of the molecule is COC(CNS(=O)(=O)c1cc(Cl)ccc1Cl)c1ccccc1C. The fourth-order valence-corrected chi connectivity index (χ4v) is 4.01. The topological polar surface area (TPSA) is 55.4 Å². The zero-order valence-electron chi connectivity index (χ0n) is 12.7. The van der Waals surface area contributed by atoms with Gasteiger partial charge in [-0.15, -0.1) is 0 Å². The predicted octanol–water partition coefficient (Wildman–Crippen LogP) is 3.97. The average Bonchev–Trinajstić information content (AvgIpc) is 2.51. The van der Waals surface area contributed by atoms with E-state index in [9.17, 15) is 8.42 Å². The highest BCUT2D eigenvalue weighted by Crippen LogP contribution is 2.26. The molecule has 4 nitrogen and oxygen atoms in total. The molecule has 1 N–H and O–H groups in total. The monoisotopic (exact) mass is 373 g/mol. The summed E-state index contributed by atoms with van der Waals surface area (Å²) in [7, 11) is -2.25. The van der Waals surface area contributed by atoms with E-state index in [-0.39, 0.29) is 16.5 Å². The molecule has 0 aromatic heterocycles. The van der Waals surface area contributed by atoms with Gasteiger partial charge in [-0.2, -0.15) is 0 Å². The van der Waals surface area contributed by atoms with Crippen LogP contribution in [0.1, 0.15) is 17.2 Å². The Kier molecular flexibility index (Phi) is 6.06. The molecule has 2 aromatic carbocycles. The van der Waals surface area contributed by atoms with Gasteiger partial charge in [0.15, 0.2) is 0 Å². The first kappa shape index (κ1) is 18.2. The molecule has 0 aliphatic carbocycles. The first-order valence-corrected chi connectivity index (χ1v) is 9.12. The number of rotatable bonds is 6. The van der Waals surface area contributed by atoms with Crippen molar-refractivity contribution in [1.82, 2.24) is 4.72 Å². The Morgan fingerprint density at radius 3 is 2.52 bits per heavy atom. The Balaban J connectivity index is 2.21. The van der Waals surface area contributed by atoms with Crippen molar-refractivity contribution in [1.29, 1.82) is 0 Å². The number of aryl methyl sites for hydroxylation is 1. The van der Waals surface area contributed by atoms with E-state index in [1.165, 1.54) is 25.3 Å². The molecule has 0 amide bonds. The van der Waals surface area contributed by atoms with Gasteiger partial charge in [-0.3, -0.25) is 0 Å². The highest BCUT2D eigenvalue weighted by atomic mass is 35.5. The normalized spacial score (nSPS) is 13.0. The third-order valence-electron chi connectivity index (χ3n) is 3.46. The van der Waals surface area contributed by atoms with Gasteiger partial charge < -0.3 is 4.74 Å². The molecule has 23 heavy (non-hydrogen) atoms. The number of methoxy groups -OCH3 is 1. The number of halogens is 2. The molecule has 0 spiro atoms. The van der Waals surface area contributed by atoms with Gasteiger partial charge in [-0.05, 0) is 36.2 Å². The molecule has 1 unspecified atom stereocenters. The molecular weight excluding hydrogens is 357 g/mol. The minimum Gasteiger partial charge on any atom is -0.375 e. The quantitative estimate of drug-likeness (QED) is 0.833. The summed E-state index contributed by atoms with van der Waals surface area (Å²) in [5.41, 5.74) is 1.95. The zero-order valence-corrected chi connectivity index (χ0v) is 15.0. The van der Waals surface area contributed by atoms with Crippen LogP contribution in [0.2, 0.25) is 10.0 Å².